The molecule has 2 heterocycles. The predicted octanol–water partition coefficient (Wildman–Crippen LogP) is 6.45. The Kier molecular flexibility index (Phi) is 5.94. The highest BCUT2D eigenvalue weighted by Crippen LogP contribution is 2.31. The van der Waals surface area contributed by atoms with Crippen molar-refractivity contribution in [3.8, 4) is 15.6 Å². The van der Waals surface area contributed by atoms with Crippen LogP contribution in [0.3, 0.4) is 0 Å². The third kappa shape index (κ3) is 4.40. The van der Waals surface area contributed by atoms with Crippen LogP contribution in [0, 0.1) is 17.0 Å². The van der Waals surface area contributed by atoms with Crippen LogP contribution in [0.5, 0.6) is 0 Å². The Morgan fingerprint density at radius 2 is 1.90 bits per heavy atom. The Labute approximate surface area is 195 Å². The maximum atomic E-state index is 12.9. The van der Waals surface area contributed by atoms with E-state index in [0.717, 1.165) is 14.9 Å². The lowest BCUT2D eigenvalue weighted by molar-refractivity contribution is -0.384. The maximum Gasteiger partial charge on any atom is 0.301 e. The molecule has 0 aliphatic carbocycles. The van der Waals surface area contributed by atoms with Crippen molar-refractivity contribution in [2.45, 2.75) is 6.92 Å². The van der Waals surface area contributed by atoms with E-state index in [2.05, 4.69) is 52.2 Å². The Morgan fingerprint density at radius 1 is 1.16 bits per heavy atom. The third-order valence-electron chi connectivity index (χ3n) is 4.25. The lowest BCUT2D eigenvalue weighted by Crippen LogP contribution is -2.13. The molecular weight excluding hydrogens is 552 g/mol. The van der Waals surface area contributed by atoms with E-state index in [-0.39, 0.29) is 11.4 Å². The van der Waals surface area contributed by atoms with Crippen molar-refractivity contribution >= 4 is 60.3 Å². The van der Waals surface area contributed by atoms with E-state index < -0.39 is 10.5 Å². The van der Waals surface area contributed by atoms with Gasteiger partial charge in [-0.2, -0.15) is 4.68 Å². The van der Waals surface area contributed by atoms with Crippen LogP contribution in [-0.4, -0.2) is 19.7 Å². The minimum Gasteiger partial charge on any atom is -0.291 e. The van der Waals surface area contributed by atoms with Gasteiger partial charge < -0.3 is 0 Å². The number of nitrogens with zero attached hydrogens (tertiary/aromatic N) is 5. The molecule has 2 aromatic carbocycles. The van der Waals surface area contributed by atoms with Crippen LogP contribution in [-0.2, 0) is 0 Å². The number of azo groups is 1. The van der Waals surface area contributed by atoms with Gasteiger partial charge in [-0.05, 0) is 46.6 Å². The molecule has 0 bridgehead atoms. The predicted molar refractivity (Wildman–Crippen MR) is 125 cm³/mol. The van der Waals surface area contributed by atoms with Gasteiger partial charge in [0.2, 0.25) is 5.13 Å². The maximum absolute atomic E-state index is 12.9. The van der Waals surface area contributed by atoms with Crippen LogP contribution in [0.1, 0.15) is 5.69 Å². The van der Waals surface area contributed by atoms with Crippen molar-refractivity contribution in [3.05, 3.63) is 83.8 Å². The average molecular weight is 564 g/mol. The number of aromatic nitrogens is 3. The van der Waals surface area contributed by atoms with Crippen molar-refractivity contribution < 1.29 is 4.92 Å². The zero-order valence-corrected chi connectivity index (χ0v) is 19.7. The summed E-state index contributed by atoms with van der Waals surface area (Å²) in [4.78, 5) is 28.5. The van der Waals surface area contributed by atoms with Gasteiger partial charge in [0.1, 0.15) is 5.69 Å². The zero-order valence-electron chi connectivity index (χ0n) is 15.7. The molecule has 4 aromatic rings. The summed E-state index contributed by atoms with van der Waals surface area (Å²) >= 11 is 8.01. The second kappa shape index (κ2) is 8.65. The van der Waals surface area contributed by atoms with Gasteiger partial charge in [0.15, 0.2) is 5.69 Å². The number of nitrogens with one attached hydrogen (secondary N) is 1. The number of aromatic amines is 1. The quantitative estimate of drug-likeness (QED) is 0.170. The number of nitro benzene ring substituents is 1. The van der Waals surface area contributed by atoms with Crippen molar-refractivity contribution in [2.24, 2.45) is 10.2 Å². The lowest BCUT2D eigenvalue weighted by atomic mass is 10.2. The van der Waals surface area contributed by atoms with Crippen molar-refractivity contribution in [3.63, 3.8) is 0 Å². The molecule has 0 unspecified atom stereocenters. The van der Waals surface area contributed by atoms with E-state index in [1.807, 2.05) is 24.3 Å². The Balaban J connectivity index is 1.64. The van der Waals surface area contributed by atoms with Crippen LogP contribution in [0.4, 0.5) is 17.1 Å². The molecule has 0 radical (unpaired) electrons. The molecule has 0 atom stereocenters. The molecule has 0 amide bonds. The number of H-pyrrole nitrogens is 1. The molecule has 0 aliphatic rings. The van der Waals surface area contributed by atoms with Gasteiger partial charge >= 0.3 is 5.56 Å². The molecule has 0 saturated carbocycles. The second-order valence-electron chi connectivity index (χ2n) is 6.33. The first-order chi connectivity index (χ1) is 14.8. The smallest absolute Gasteiger partial charge is 0.291 e. The van der Waals surface area contributed by atoms with Crippen LogP contribution >= 0.6 is 43.2 Å². The minimum absolute atomic E-state index is 0.0728. The molecule has 156 valence electrons. The molecular formula is C19H12Br2N6O3S. The fourth-order valence-electron chi connectivity index (χ4n) is 2.70. The molecule has 0 aliphatic heterocycles. The molecule has 12 heteroatoms. The molecule has 0 fully saturated rings. The summed E-state index contributed by atoms with van der Waals surface area (Å²) in [5.41, 5.74) is 1.54. The van der Waals surface area contributed by atoms with Crippen LogP contribution in [0.15, 0.2) is 72.6 Å². The molecule has 4 rings (SSSR count). The van der Waals surface area contributed by atoms with Gasteiger partial charge in [-0.25, -0.2) is 4.98 Å². The minimum atomic E-state index is -0.503. The van der Waals surface area contributed by atoms with E-state index >= 15 is 0 Å². The van der Waals surface area contributed by atoms with Gasteiger partial charge in [-0.15, -0.1) is 10.2 Å². The Bertz CT molecular complexity index is 1370. The summed E-state index contributed by atoms with van der Waals surface area (Å²) in [7, 11) is 0. The van der Waals surface area contributed by atoms with Crippen LogP contribution in [0.2, 0.25) is 0 Å². The Morgan fingerprint density at radius 3 is 2.58 bits per heavy atom. The summed E-state index contributed by atoms with van der Waals surface area (Å²) < 4.78 is 2.70. The largest absolute Gasteiger partial charge is 0.301 e. The zero-order chi connectivity index (χ0) is 22.1. The average Bonchev–Trinajstić information content (AvgIpc) is 3.33. The number of halogens is 2. The monoisotopic (exact) mass is 562 g/mol. The number of rotatable bonds is 5. The highest BCUT2D eigenvalue weighted by Gasteiger charge is 2.16. The van der Waals surface area contributed by atoms with E-state index in [9.17, 15) is 14.9 Å². The molecule has 0 saturated heterocycles. The van der Waals surface area contributed by atoms with Gasteiger partial charge in [0.25, 0.3) is 5.69 Å². The van der Waals surface area contributed by atoms with E-state index in [4.69, 9.17) is 0 Å². The normalized spacial score (nSPS) is 11.3. The van der Waals surface area contributed by atoms with Crippen LogP contribution < -0.4 is 5.56 Å². The fraction of sp³-hybridized carbons (Fsp3) is 0.0526. The first-order valence-electron chi connectivity index (χ1n) is 8.73. The van der Waals surface area contributed by atoms with Crippen molar-refractivity contribution in [1.82, 2.24) is 14.8 Å². The summed E-state index contributed by atoms with van der Waals surface area (Å²) in [6.45, 7) is 1.71. The highest BCUT2D eigenvalue weighted by atomic mass is 79.9. The molecule has 1 N–H and O–H groups in total. The summed E-state index contributed by atoms with van der Waals surface area (Å²) in [5, 5.41) is 22.4. The molecule has 0 spiro atoms. The van der Waals surface area contributed by atoms with E-state index in [0.29, 0.717) is 21.0 Å². The van der Waals surface area contributed by atoms with Gasteiger partial charge in [0.05, 0.1) is 20.0 Å². The lowest BCUT2D eigenvalue weighted by Gasteiger charge is -1.97. The number of hydrogen-bond donors (Lipinski definition) is 1. The summed E-state index contributed by atoms with van der Waals surface area (Å²) in [6.07, 6.45) is 1.71. The number of hydrogen-bond acceptors (Lipinski definition) is 7. The fourth-order valence-corrected chi connectivity index (χ4v) is 4.29. The number of benzene rings is 2. The number of non-ortho nitro benzene ring substituents is 1. The van der Waals surface area contributed by atoms with E-state index in [1.54, 1.807) is 13.1 Å². The van der Waals surface area contributed by atoms with Gasteiger partial charge in [0, 0.05) is 22.8 Å². The van der Waals surface area contributed by atoms with Crippen molar-refractivity contribution in [1.29, 1.82) is 0 Å². The van der Waals surface area contributed by atoms with Gasteiger partial charge in [-0.3, -0.25) is 20.0 Å². The summed E-state index contributed by atoms with van der Waals surface area (Å²) in [6, 6.07) is 11.9. The number of thiazole rings is 1. The van der Waals surface area contributed by atoms with Crippen molar-refractivity contribution in [2.75, 3.05) is 0 Å². The number of aryl methyl sites for hydroxylation is 1. The topological polar surface area (TPSA) is 119 Å². The standard InChI is InChI=1S/C19H12Br2N6O3S/c1-10-17(24-23-15-7-6-13(27(29)30)8-14(15)21)18(28)26(25-10)19-22-9-16(31-19)11-2-4-12(20)5-3-11/h2-9,25H,1H3. The first kappa shape index (κ1) is 21.3. The highest BCUT2D eigenvalue weighted by molar-refractivity contribution is 9.10. The molecule has 2 aromatic heterocycles. The Hall–Kier alpha value is -2.96. The summed E-state index contributed by atoms with van der Waals surface area (Å²) in [5.74, 6) is 0. The third-order valence-corrected chi connectivity index (χ3v) is 6.45. The number of nitro groups is 1. The first-order valence-corrected chi connectivity index (χ1v) is 11.1. The molecule has 31 heavy (non-hydrogen) atoms. The van der Waals surface area contributed by atoms with Crippen LogP contribution in [0.25, 0.3) is 15.6 Å². The van der Waals surface area contributed by atoms with E-state index in [1.165, 1.54) is 34.2 Å². The SMILES string of the molecule is Cc1[nH]n(-c2ncc(-c3ccc(Br)cc3)s2)c(=O)c1N=Nc1ccc([N+](=O)[O-])cc1Br. The van der Waals surface area contributed by atoms with Gasteiger partial charge in [-0.1, -0.05) is 39.4 Å². The molecule has 9 nitrogen and oxygen atoms in total. The second-order valence-corrected chi connectivity index (χ2v) is 9.11.